The van der Waals surface area contributed by atoms with Gasteiger partial charge in [0.25, 0.3) is 0 Å². The van der Waals surface area contributed by atoms with Crippen LogP contribution in [0.3, 0.4) is 0 Å². The van der Waals surface area contributed by atoms with E-state index in [9.17, 15) is 13.2 Å². The lowest BCUT2D eigenvalue weighted by Crippen LogP contribution is -2.43. The Labute approximate surface area is 190 Å². The Morgan fingerprint density at radius 3 is 2.44 bits per heavy atom. The summed E-state index contributed by atoms with van der Waals surface area (Å²) < 4.78 is 38.7. The summed E-state index contributed by atoms with van der Waals surface area (Å²) in [5.74, 6) is 1.44. The van der Waals surface area contributed by atoms with E-state index in [1.807, 2.05) is 19.1 Å². The van der Waals surface area contributed by atoms with Crippen LogP contribution in [0.15, 0.2) is 53.4 Å². The molecule has 0 aliphatic carbocycles. The standard InChI is InChI=1S/C23H31N3O5S/c1-3-16-31-19-8-10-20(11-9-19)32(28,29)24-17-18-12-14-26(15-13-18)23(27)25-21-6-4-5-7-22(21)30-2/h4-11,18,24H,3,12-17H2,1-2H3,(H,25,27). The summed E-state index contributed by atoms with van der Waals surface area (Å²) in [4.78, 5) is 14.5. The van der Waals surface area contributed by atoms with Gasteiger partial charge in [-0.15, -0.1) is 0 Å². The molecule has 0 spiro atoms. The number of amides is 2. The van der Waals surface area contributed by atoms with Gasteiger partial charge in [-0.3, -0.25) is 0 Å². The number of benzene rings is 2. The topological polar surface area (TPSA) is 97.0 Å². The van der Waals surface area contributed by atoms with E-state index in [4.69, 9.17) is 9.47 Å². The van der Waals surface area contributed by atoms with E-state index in [-0.39, 0.29) is 16.8 Å². The molecule has 1 heterocycles. The van der Waals surface area contributed by atoms with Crippen LogP contribution in [-0.4, -0.2) is 52.7 Å². The Balaban J connectivity index is 1.46. The molecule has 1 aliphatic heterocycles. The number of nitrogens with one attached hydrogen (secondary N) is 2. The number of carbonyl (C=O) groups excluding carboxylic acids is 1. The lowest BCUT2D eigenvalue weighted by Gasteiger charge is -2.32. The second-order valence-electron chi connectivity index (χ2n) is 7.73. The van der Waals surface area contributed by atoms with E-state index in [1.54, 1.807) is 48.4 Å². The Bertz CT molecular complexity index is 987. The van der Waals surface area contributed by atoms with Crippen LogP contribution in [0.5, 0.6) is 11.5 Å². The van der Waals surface area contributed by atoms with Gasteiger partial charge in [0.1, 0.15) is 11.5 Å². The molecule has 2 N–H and O–H groups in total. The molecule has 1 fully saturated rings. The van der Waals surface area contributed by atoms with E-state index < -0.39 is 10.0 Å². The van der Waals surface area contributed by atoms with Crippen molar-refractivity contribution in [1.82, 2.24) is 9.62 Å². The second-order valence-corrected chi connectivity index (χ2v) is 9.50. The van der Waals surface area contributed by atoms with Crippen molar-refractivity contribution in [3.63, 3.8) is 0 Å². The number of ether oxygens (including phenoxy) is 2. The SMILES string of the molecule is CCCOc1ccc(S(=O)(=O)NCC2CCN(C(=O)Nc3ccccc3OC)CC2)cc1. The van der Waals surface area contributed by atoms with Gasteiger partial charge in [0.05, 0.1) is 24.3 Å². The third-order valence-corrected chi connectivity index (χ3v) is 6.86. The van der Waals surface area contributed by atoms with Gasteiger partial charge in [-0.05, 0) is 61.6 Å². The smallest absolute Gasteiger partial charge is 0.321 e. The highest BCUT2D eigenvalue weighted by Gasteiger charge is 2.25. The van der Waals surface area contributed by atoms with E-state index in [0.717, 1.165) is 19.3 Å². The maximum atomic E-state index is 12.6. The predicted molar refractivity (Wildman–Crippen MR) is 124 cm³/mol. The van der Waals surface area contributed by atoms with Gasteiger partial charge < -0.3 is 19.7 Å². The number of rotatable bonds is 9. The fraction of sp³-hybridized carbons (Fsp3) is 0.435. The molecule has 3 rings (SSSR count). The summed E-state index contributed by atoms with van der Waals surface area (Å²) in [5.41, 5.74) is 0.626. The molecule has 1 saturated heterocycles. The largest absolute Gasteiger partial charge is 0.495 e. The predicted octanol–water partition coefficient (Wildman–Crippen LogP) is 3.71. The number of nitrogens with zero attached hydrogens (tertiary/aromatic N) is 1. The Morgan fingerprint density at radius 1 is 1.09 bits per heavy atom. The molecule has 8 nitrogen and oxygen atoms in total. The molecule has 0 atom stereocenters. The minimum Gasteiger partial charge on any atom is -0.495 e. The first kappa shape index (κ1) is 23.9. The van der Waals surface area contributed by atoms with Crippen molar-refractivity contribution in [2.24, 2.45) is 5.92 Å². The zero-order chi connectivity index (χ0) is 23.0. The lowest BCUT2D eigenvalue weighted by atomic mass is 9.97. The van der Waals surface area contributed by atoms with Crippen molar-refractivity contribution in [1.29, 1.82) is 0 Å². The summed E-state index contributed by atoms with van der Waals surface area (Å²) in [5, 5.41) is 2.88. The number of methoxy groups -OCH3 is 1. The summed E-state index contributed by atoms with van der Waals surface area (Å²) >= 11 is 0. The normalized spacial score (nSPS) is 14.8. The number of likely N-dealkylation sites (tertiary alicyclic amines) is 1. The van der Waals surface area contributed by atoms with Crippen molar-refractivity contribution < 1.29 is 22.7 Å². The first-order valence-electron chi connectivity index (χ1n) is 10.8. The van der Waals surface area contributed by atoms with E-state index >= 15 is 0 Å². The van der Waals surface area contributed by atoms with Crippen LogP contribution in [0.25, 0.3) is 0 Å². The molecule has 2 amide bonds. The fourth-order valence-corrected chi connectivity index (χ4v) is 4.64. The van der Waals surface area contributed by atoms with E-state index in [0.29, 0.717) is 43.4 Å². The minimum atomic E-state index is -3.59. The Morgan fingerprint density at radius 2 is 1.78 bits per heavy atom. The number of carbonyl (C=O) groups is 1. The molecule has 9 heteroatoms. The molecule has 1 aliphatic rings. The fourth-order valence-electron chi connectivity index (χ4n) is 3.53. The molecular formula is C23H31N3O5S. The van der Waals surface area contributed by atoms with Gasteiger partial charge in [-0.1, -0.05) is 19.1 Å². The summed E-state index contributed by atoms with van der Waals surface area (Å²) in [6.45, 7) is 4.09. The molecule has 174 valence electrons. The maximum Gasteiger partial charge on any atom is 0.321 e. The van der Waals surface area contributed by atoms with Gasteiger partial charge in [0.15, 0.2) is 0 Å². The number of para-hydroxylation sites is 2. The van der Waals surface area contributed by atoms with Crippen LogP contribution in [0.1, 0.15) is 26.2 Å². The Hall–Kier alpha value is -2.78. The van der Waals surface area contributed by atoms with Crippen molar-refractivity contribution >= 4 is 21.7 Å². The number of hydrogen-bond acceptors (Lipinski definition) is 5. The van der Waals surface area contributed by atoms with Gasteiger partial charge in [-0.25, -0.2) is 17.9 Å². The molecule has 2 aromatic rings. The highest BCUT2D eigenvalue weighted by Crippen LogP contribution is 2.25. The number of sulfonamides is 1. The third kappa shape index (κ3) is 6.37. The molecule has 0 bridgehead atoms. The van der Waals surface area contributed by atoms with Crippen LogP contribution in [-0.2, 0) is 10.0 Å². The van der Waals surface area contributed by atoms with E-state index in [2.05, 4.69) is 10.0 Å². The molecule has 0 unspecified atom stereocenters. The van der Waals surface area contributed by atoms with Crippen LogP contribution in [0.2, 0.25) is 0 Å². The average Bonchev–Trinajstić information content (AvgIpc) is 2.82. The van der Waals surface area contributed by atoms with Gasteiger partial charge in [0, 0.05) is 19.6 Å². The highest BCUT2D eigenvalue weighted by atomic mass is 32.2. The number of piperidine rings is 1. The minimum absolute atomic E-state index is 0.173. The first-order valence-corrected chi connectivity index (χ1v) is 12.3. The average molecular weight is 462 g/mol. The number of anilines is 1. The first-order chi connectivity index (χ1) is 15.4. The van der Waals surface area contributed by atoms with Crippen molar-refractivity contribution in [2.45, 2.75) is 31.1 Å². The van der Waals surface area contributed by atoms with Crippen LogP contribution in [0.4, 0.5) is 10.5 Å². The molecule has 2 aromatic carbocycles. The molecular weight excluding hydrogens is 430 g/mol. The monoisotopic (exact) mass is 461 g/mol. The third-order valence-electron chi connectivity index (χ3n) is 5.42. The second kappa shape index (κ2) is 11.2. The number of urea groups is 1. The lowest BCUT2D eigenvalue weighted by molar-refractivity contribution is 0.183. The van der Waals surface area contributed by atoms with Crippen LogP contribution < -0.4 is 19.5 Å². The highest BCUT2D eigenvalue weighted by molar-refractivity contribution is 7.89. The quantitative estimate of drug-likeness (QED) is 0.593. The van der Waals surface area contributed by atoms with Crippen LogP contribution in [0, 0.1) is 5.92 Å². The molecule has 0 radical (unpaired) electrons. The summed E-state index contributed by atoms with van der Waals surface area (Å²) in [6, 6.07) is 13.5. The summed E-state index contributed by atoms with van der Waals surface area (Å²) in [6.07, 6.45) is 2.35. The van der Waals surface area contributed by atoms with Crippen molar-refractivity contribution in [3.8, 4) is 11.5 Å². The maximum absolute atomic E-state index is 12.6. The van der Waals surface area contributed by atoms with Crippen LogP contribution >= 0.6 is 0 Å². The molecule has 0 saturated carbocycles. The van der Waals surface area contributed by atoms with Crippen molar-refractivity contribution in [2.75, 3.05) is 38.7 Å². The van der Waals surface area contributed by atoms with E-state index in [1.165, 1.54) is 0 Å². The zero-order valence-corrected chi connectivity index (χ0v) is 19.4. The molecule has 0 aromatic heterocycles. The zero-order valence-electron chi connectivity index (χ0n) is 18.5. The molecule has 32 heavy (non-hydrogen) atoms. The number of hydrogen-bond donors (Lipinski definition) is 2. The van der Waals surface area contributed by atoms with Gasteiger partial charge in [-0.2, -0.15) is 0 Å². The van der Waals surface area contributed by atoms with Gasteiger partial charge >= 0.3 is 6.03 Å². The van der Waals surface area contributed by atoms with Gasteiger partial charge in [0.2, 0.25) is 10.0 Å². The Kier molecular flexibility index (Phi) is 8.35. The van der Waals surface area contributed by atoms with Crippen molar-refractivity contribution in [3.05, 3.63) is 48.5 Å². The summed E-state index contributed by atoms with van der Waals surface area (Å²) in [7, 11) is -2.03.